The lowest BCUT2D eigenvalue weighted by molar-refractivity contribution is 0.158. The van der Waals surface area contributed by atoms with Gasteiger partial charge in [-0.15, -0.1) is 24.8 Å². The fourth-order valence-electron chi connectivity index (χ4n) is 2.65. The van der Waals surface area contributed by atoms with Gasteiger partial charge in [-0.05, 0) is 6.42 Å². The number of rotatable bonds is 4. The summed E-state index contributed by atoms with van der Waals surface area (Å²) in [6.07, 6.45) is 1.49. The predicted molar refractivity (Wildman–Crippen MR) is 82.9 cm³/mol. The van der Waals surface area contributed by atoms with E-state index in [2.05, 4.69) is 10.2 Å². The molecule has 0 aromatic heterocycles. The molecular formula is C14H21Cl2F3N2. The quantitative estimate of drug-likeness (QED) is 0.895. The molecule has 1 aliphatic rings. The van der Waals surface area contributed by atoms with Crippen molar-refractivity contribution in [2.24, 2.45) is 0 Å². The Kier molecular flexibility index (Phi) is 9.29. The molecule has 0 aliphatic carbocycles. The van der Waals surface area contributed by atoms with Crippen LogP contribution in [-0.2, 0) is 0 Å². The Morgan fingerprint density at radius 1 is 1.10 bits per heavy atom. The molecule has 0 amide bonds. The van der Waals surface area contributed by atoms with E-state index in [0.29, 0.717) is 6.42 Å². The molecule has 0 unspecified atom stereocenters. The summed E-state index contributed by atoms with van der Waals surface area (Å²) in [6, 6.07) is 1.22. The van der Waals surface area contributed by atoms with Crippen molar-refractivity contribution in [2.75, 3.05) is 26.2 Å². The lowest BCUT2D eigenvalue weighted by atomic mass is 9.98. The summed E-state index contributed by atoms with van der Waals surface area (Å²) in [6.45, 7) is 5.10. The molecule has 1 aliphatic heterocycles. The Bertz CT molecular complexity index is 417. The number of hydrogen-bond donors (Lipinski definition) is 1. The Morgan fingerprint density at radius 2 is 1.62 bits per heavy atom. The highest BCUT2D eigenvalue weighted by molar-refractivity contribution is 5.85. The third-order valence-corrected chi connectivity index (χ3v) is 3.53. The van der Waals surface area contributed by atoms with E-state index in [0.717, 1.165) is 44.7 Å². The van der Waals surface area contributed by atoms with Crippen LogP contribution in [0.5, 0.6) is 0 Å². The maximum atomic E-state index is 13.9. The summed E-state index contributed by atoms with van der Waals surface area (Å²) >= 11 is 0. The minimum atomic E-state index is -0.866. The summed E-state index contributed by atoms with van der Waals surface area (Å²) in [5.41, 5.74) is 0.00477. The van der Waals surface area contributed by atoms with Gasteiger partial charge in [0.25, 0.3) is 0 Å². The molecule has 1 aromatic rings. The third kappa shape index (κ3) is 5.02. The van der Waals surface area contributed by atoms with Gasteiger partial charge in [-0.3, -0.25) is 4.90 Å². The highest BCUT2D eigenvalue weighted by Crippen LogP contribution is 2.30. The van der Waals surface area contributed by atoms with Crippen molar-refractivity contribution in [1.29, 1.82) is 0 Å². The van der Waals surface area contributed by atoms with Crippen molar-refractivity contribution in [3.05, 3.63) is 35.1 Å². The van der Waals surface area contributed by atoms with Crippen molar-refractivity contribution in [3.63, 3.8) is 0 Å². The number of piperazine rings is 1. The van der Waals surface area contributed by atoms with Crippen molar-refractivity contribution in [2.45, 2.75) is 25.8 Å². The van der Waals surface area contributed by atoms with E-state index >= 15 is 0 Å². The molecule has 2 rings (SSSR count). The van der Waals surface area contributed by atoms with Crippen LogP contribution in [-0.4, -0.2) is 31.1 Å². The molecule has 1 fully saturated rings. The highest BCUT2D eigenvalue weighted by atomic mass is 35.5. The van der Waals surface area contributed by atoms with Gasteiger partial charge in [-0.25, -0.2) is 13.2 Å². The first-order chi connectivity index (χ1) is 9.13. The van der Waals surface area contributed by atoms with Gasteiger partial charge in [0.05, 0.1) is 0 Å². The van der Waals surface area contributed by atoms with Crippen molar-refractivity contribution >= 4 is 24.8 Å². The number of hydrogen-bond acceptors (Lipinski definition) is 2. The lowest BCUT2D eigenvalue weighted by Gasteiger charge is -2.35. The summed E-state index contributed by atoms with van der Waals surface area (Å²) < 4.78 is 40.8. The van der Waals surface area contributed by atoms with Crippen molar-refractivity contribution in [1.82, 2.24) is 10.2 Å². The lowest BCUT2D eigenvalue weighted by Crippen LogP contribution is -2.45. The monoisotopic (exact) mass is 344 g/mol. The van der Waals surface area contributed by atoms with E-state index in [1.165, 1.54) is 0 Å². The maximum Gasteiger partial charge on any atom is 0.133 e. The molecule has 0 radical (unpaired) electrons. The van der Waals surface area contributed by atoms with Gasteiger partial charge in [0.1, 0.15) is 17.5 Å². The minimum absolute atomic E-state index is 0. The SMILES string of the molecule is CCC[C@H](c1c(F)cc(F)cc1F)N1CCNCC1.Cl.Cl. The van der Waals surface area contributed by atoms with Crippen LogP contribution in [0.25, 0.3) is 0 Å². The van der Waals surface area contributed by atoms with Crippen LogP contribution < -0.4 is 5.32 Å². The largest absolute Gasteiger partial charge is 0.314 e. The van der Waals surface area contributed by atoms with Crippen LogP contribution in [0, 0.1) is 17.5 Å². The van der Waals surface area contributed by atoms with Gasteiger partial charge in [-0.2, -0.15) is 0 Å². The van der Waals surface area contributed by atoms with Crippen LogP contribution >= 0.6 is 24.8 Å². The summed E-state index contributed by atoms with van der Waals surface area (Å²) in [7, 11) is 0. The first kappa shape index (κ1) is 20.5. The molecule has 0 spiro atoms. The molecule has 2 nitrogen and oxygen atoms in total. The van der Waals surface area contributed by atoms with Gasteiger partial charge in [0, 0.05) is 49.9 Å². The second-order valence-corrected chi connectivity index (χ2v) is 4.87. The zero-order chi connectivity index (χ0) is 13.8. The standard InChI is InChI=1S/C14H19F3N2.2ClH/c1-2-3-13(19-6-4-18-5-7-19)14-11(16)8-10(15)9-12(14)17;;/h8-9,13,18H,2-7H2,1H3;2*1H/t13-;;/m1../s1. The Balaban J connectivity index is 0.00000200. The smallest absolute Gasteiger partial charge is 0.133 e. The predicted octanol–water partition coefficient (Wildman–Crippen LogP) is 3.69. The van der Waals surface area contributed by atoms with Crippen LogP contribution in [0.15, 0.2) is 12.1 Å². The van der Waals surface area contributed by atoms with Crippen LogP contribution in [0.4, 0.5) is 13.2 Å². The zero-order valence-electron chi connectivity index (χ0n) is 11.9. The van der Waals surface area contributed by atoms with Gasteiger partial charge in [0.15, 0.2) is 0 Å². The molecule has 122 valence electrons. The highest BCUT2D eigenvalue weighted by Gasteiger charge is 2.27. The van der Waals surface area contributed by atoms with E-state index in [4.69, 9.17) is 0 Å². The summed E-state index contributed by atoms with van der Waals surface area (Å²) in [4.78, 5) is 2.07. The molecule has 1 aromatic carbocycles. The molecule has 0 bridgehead atoms. The summed E-state index contributed by atoms with van der Waals surface area (Å²) in [5.74, 6) is -2.43. The van der Waals surface area contributed by atoms with Crippen molar-refractivity contribution < 1.29 is 13.2 Å². The Morgan fingerprint density at radius 3 is 2.10 bits per heavy atom. The molecule has 1 heterocycles. The second-order valence-electron chi connectivity index (χ2n) is 4.87. The fourth-order valence-corrected chi connectivity index (χ4v) is 2.65. The molecule has 1 N–H and O–H groups in total. The van der Waals surface area contributed by atoms with Gasteiger partial charge < -0.3 is 5.32 Å². The number of benzene rings is 1. The maximum absolute atomic E-state index is 13.9. The number of nitrogens with zero attached hydrogens (tertiary/aromatic N) is 1. The molecular weight excluding hydrogens is 324 g/mol. The molecule has 0 saturated carbocycles. The van der Waals surface area contributed by atoms with Gasteiger partial charge >= 0.3 is 0 Å². The van der Waals surface area contributed by atoms with Gasteiger partial charge in [0.2, 0.25) is 0 Å². The van der Waals surface area contributed by atoms with Crippen LogP contribution in [0.3, 0.4) is 0 Å². The zero-order valence-corrected chi connectivity index (χ0v) is 13.5. The molecule has 1 saturated heterocycles. The summed E-state index contributed by atoms with van der Waals surface area (Å²) in [5, 5.41) is 3.21. The Hall–Kier alpha value is -0.490. The average Bonchev–Trinajstić information content (AvgIpc) is 2.37. The second kappa shape index (κ2) is 9.51. The minimum Gasteiger partial charge on any atom is -0.314 e. The molecule has 7 heteroatoms. The van der Waals surface area contributed by atoms with E-state index in [1.807, 2.05) is 6.92 Å². The fraction of sp³-hybridized carbons (Fsp3) is 0.571. The van der Waals surface area contributed by atoms with Crippen molar-refractivity contribution in [3.8, 4) is 0 Å². The Labute approximate surface area is 135 Å². The van der Waals surface area contributed by atoms with Crippen LogP contribution in [0.1, 0.15) is 31.4 Å². The van der Waals surface area contributed by atoms with E-state index < -0.39 is 17.5 Å². The normalized spacial score (nSPS) is 16.8. The first-order valence-electron chi connectivity index (χ1n) is 6.72. The first-order valence-corrected chi connectivity index (χ1v) is 6.72. The average molecular weight is 345 g/mol. The van der Waals surface area contributed by atoms with E-state index in [1.54, 1.807) is 0 Å². The topological polar surface area (TPSA) is 15.3 Å². The van der Waals surface area contributed by atoms with Gasteiger partial charge in [-0.1, -0.05) is 13.3 Å². The van der Waals surface area contributed by atoms with E-state index in [-0.39, 0.29) is 36.4 Å². The molecule has 21 heavy (non-hydrogen) atoms. The number of halogens is 5. The van der Waals surface area contributed by atoms with Crippen LogP contribution in [0.2, 0.25) is 0 Å². The third-order valence-electron chi connectivity index (χ3n) is 3.53. The number of nitrogens with one attached hydrogen (secondary N) is 1. The molecule has 1 atom stereocenters. The van der Waals surface area contributed by atoms with E-state index in [9.17, 15) is 13.2 Å².